The van der Waals surface area contributed by atoms with Gasteiger partial charge in [0.1, 0.15) is 0 Å². The smallest absolute Gasteiger partial charge is 0.266 e. The maximum Gasteiger partial charge on any atom is 0.266 e. The minimum absolute atomic E-state index is 0.125. The van der Waals surface area contributed by atoms with Crippen molar-refractivity contribution in [3.05, 3.63) is 36.3 Å². The minimum atomic E-state index is -2.90. The van der Waals surface area contributed by atoms with E-state index >= 15 is 0 Å². The van der Waals surface area contributed by atoms with Gasteiger partial charge in [0.25, 0.3) is 11.8 Å². The topological polar surface area (TPSA) is 71.5 Å². The molecule has 0 spiro atoms. The fourth-order valence-electron chi connectivity index (χ4n) is 4.06. The fourth-order valence-corrected chi connectivity index (χ4v) is 4.06. The highest BCUT2D eigenvalue weighted by atomic mass is 19.3. The highest BCUT2D eigenvalue weighted by Gasteiger charge is 2.42. The van der Waals surface area contributed by atoms with E-state index in [-0.39, 0.29) is 37.1 Å². The zero-order valence-electron chi connectivity index (χ0n) is 18.2. The van der Waals surface area contributed by atoms with Crippen LogP contribution in [0.2, 0.25) is 0 Å². The Morgan fingerprint density at radius 3 is 2.62 bits per heavy atom. The van der Waals surface area contributed by atoms with Crippen molar-refractivity contribution in [1.82, 2.24) is 15.3 Å². The number of hydrogen-bond acceptors (Lipinski definition) is 7. The molecule has 0 saturated carbocycles. The van der Waals surface area contributed by atoms with E-state index in [4.69, 9.17) is 9.47 Å². The molecule has 0 aliphatic carbocycles. The summed E-state index contributed by atoms with van der Waals surface area (Å²) >= 11 is 0. The van der Waals surface area contributed by atoms with Gasteiger partial charge in [-0.15, -0.1) is 0 Å². The standard InChI is InChI=1S/C22H28F3N5O2/c1-14-10-30(11-15(2)32-14)18-5-3-17(4-6-18)28-21-27-9-19(23)20(29-21)31-12-16-7-8-26-13-22(16,24)25/h3-6,9,14-16,26H,7-8,10-13H2,1-2H3,(H,27,28,29)/t14-,15+,16?. The SMILES string of the molecule is C[C@@H]1CN(c2ccc(Nc3ncc(F)c(OCC4CCNCC4(F)F)n3)cc2)C[C@H](C)O1. The highest BCUT2D eigenvalue weighted by Crippen LogP contribution is 2.30. The van der Waals surface area contributed by atoms with Crippen LogP contribution in [0.15, 0.2) is 30.5 Å². The molecular formula is C22H28F3N5O2. The third kappa shape index (κ3) is 5.42. The molecule has 7 nitrogen and oxygen atoms in total. The third-order valence-electron chi connectivity index (χ3n) is 5.67. The molecule has 2 fully saturated rings. The van der Waals surface area contributed by atoms with Crippen LogP contribution >= 0.6 is 0 Å². The summed E-state index contributed by atoms with van der Waals surface area (Å²) in [6, 6.07) is 7.71. The first-order valence-corrected chi connectivity index (χ1v) is 10.8. The van der Waals surface area contributed by atoms with Gasteiger partial charge in [0, 0.05) is 24.5 Å². The number of morpholine rings is 1. The van der Waals surface area contributed by atoms with Crippen LogP contribution in [0.3, 0.4) is 0 Å². The Labute approximate surface area is 185 Å². The van der Waals surface area contributed by atoms with Crippen molar-refractivity contribution in [3.8, 4) is 5.88 Å². The Morgan fingerprint density at radius 1 is 1.22 bits per heavy atom. The minimum Gasteiger partial charge on any atom is -0.475 e. The van der Waals surface area contributed by atoms with Crippen LogP contribution in [0.25, 0.3) is 0 Å². The number of alkyl halides is 2. The van der Waals surface area contributed by atoms with E-state index in [0.29, 0.717) is 12.2 Å². The number of hydrogen-bond donors (Lipinski definition) is 2. The van der Waals surface area contributed by atoms with E-state index in [1.165, 1.54) is 0 Å². The Balaban J connectivity index is 1.39. The molecule has 0 radical (unpaired) electrons. The largest absolute Gasteiger partial charge is 0.475 e. The van der Waals surface area contributed by atoms with Gasteiger partial charge in [-0.3, -0.25) is 0 Å². The zero-order chi connectivity index (χ0) is 22.7. The van der Waals surface area contributed by atoms with Gasteiger partial charge >= 0.3 is 0 Å². The van der Waals surface area contributed by atoms with Gasteiger partial charge < -0.3 is 25.0 Å². The summed E-state index contributed by atoms with van der Waals surface area (Å²) in [5.41, 5.74) is 1.79. The predicted molar refractivity (Wildman–Crippen MR) is 115 cm³/mol. The summed E-state index contributed by atoms with van der Waals surface area (Å²) < 4.78 is 53.1. The molecule has 1 unspecified atom stereocenters. The van der Waals surface area contributed by atoms with E-state index in [0.717, 1.165) is 25.0 Å². The van der Waals surface area contributed by atoms with E-state index in [2.05, 4.69) is 39.3 Å². The van der Waals surface area contributed by atoms with E-state index < -0.39 is 24.2 Å². The zero-order valence-corrected chi connectivity index (χ0v) is 18.2. The van der Waals surface area contributed by atoms with Crippen LogP contribution in [0.5, 0.6) is 5.88 Å². The van der Waals surface area contributed by atoms with Gasteiger partial charge in [0.2, 0.25) is 11.8 Å². The summed E-state index contributed by atoms with van der Waals surface area (Å²) in [6.45, 7) is 5.49. The average Bonchev–Trinajstić information content (AvgIpc) is 2.74. The van der Waals surface area contributed by atoms with E-state index in [9.17, 15) is 13.2 Å². The number of aromatic nitrogens is 2. The molecule has 1 aromatic carbocycles. The van der Waals surface area contributed by atoms with Crippen LogP contribution in [0.4, 0.5) is 30.5 Å². The number of halogens is 3. The number of nitrogens with one attached hydrogen (secondary N) is 2. The van der Waals surface area contributed by atoms with E-state index in [1.807, 2.05) is 24.3 Å². The van der Waals surface area contributed by atoms with Crippen molar-refractivity contribution in [2.45, 2.75) is 38.4 Å². The number of benzene rings is 1. The Hall–Kier alpha value is -2.59. The van der Waals surface area contributed by atoms with Crippen LogP contribution < -0.4 is 20.3 Å². The lowest BCUT2D eigenvalue weighted by molar-refractivity contribution is -0.0870. The molecular weight excluding hydrogens is 423 g/mol. The number of nitrogens with zero attached hydrogens (tertiary/aromatic N) is 3. The molecule has 3 atom stereocenters. The fraction of sp³-hybridized carbons (Fsp3) is 0.545. The molecule has 2 saturated heterocycles. The normalized spacial score (nSPS) is 25.4. The molecule has 2 N–H and O–H groups in total. The maximum absolute atomic E-state index is 14.1. The molecule has 2 aliphatic heterocycles. The predicted octanol–water partition coefficient (Wildman–Crippen LogP) is 3.60. The molecule has 3 heterocycles. The van der Waals surface area contributed by atoms with Gasteiger partial charge in [-0.1, -0.05) is 0 Å². The molecule has 10 heteroatoms. The summed E-state index contributed by atoms with van der Waals surface area (Å²) in [6.07, 6.45) is 1.54. The van der Waals surface area contributed by atoms with Gasteiger partial charge in [-0.25, -0.2) is 13.8 Å². The molecule has 32 heavy (non-hydrogen) atoms. The maximum atomic E-state index is 14.1. The van der Waals surface area contributed by atoms with Gasteiger partial charge in [-0.05, 0) is 51.1 Å². The molecule has 2 aliphatic rings. The van der Waals surface area contributed by atoms with Crippen molar-refractivity contribution in [2.75, 3.05) is 43.0 Å². The van der Waals surface area contributed by atoms with E-state index in [1.54, 1.807) is 0 Å². The van der Waals surface area contributed by atoms with Gasteiger partial charge in [0.15, 0.2) is 0 Å². The molecule has 4 rings (SSSR count). The number of anilines is 3. The first-order valence-electron chi connectivity index (χ1n) is 10.8. The van der Waals surface area contributed by atoms with Crippen LogP contribution in [-0.4, -0.2) is 60.9 Å². The first-order chi connectivity index (χ1) is 15.3. The second-order valence-corrected chi connectivity index (χ2v) is 8.42. The molecule has 0 bridgehead atoms. The quantitative estimate of drug-likeness (QED) is 0.696. The first kappa shape index (κ1) is 22.6. The number of rotatable bonds is 6. The highest BCUT2D eigenvalue weighted by molar-refractivity contribution is 5.59. The number of ether oxygens (including phenoxy) is 2. The van der Waals surface area contributed by atoms with Crippen molar-refractivity contribution in [3.63, 3.8) is 0 Å². The number of piperidine rings is 1. The van der Waals surface area contributed by atoms with Crippen LogP contribution in [0, 0.1) is 11.7 Å². The van der Waals surface area contributed by atoms with Gasteiger partial charge in [0.05, 0.1) is 37.5 Å². The molecule has 0 amide bonds. The van der Waals surface area contributed by atoms with Crippen molar-refractivity contribution in [1.29, 1.82) is 0 Å². The molecule has 174 valence electrons. The lowest BCUT2D eigenvalue weighted by Gasteiger charge is -2.36. The molecule has 2 aromatic rings. The van der Waals surface area contributed by atoms with Crippen LogP contribution in [0.1, 0.15) is 20.3 Å². The second kappa shape index (κ2) is 9.50. The Bertz CT molecular complexity index is 905. The third-order valence-corrected chi connectivity index (χ3v) is 5.67. The summed E-state index contributed by atoms with van der Waals surface area (Å²) in [7, 11) is 0. The average molecular weight is 451 g/mol. The van der Waals surface area contributed by atoms with Gasteiger partial charge in [-0.2, -0.15) is 9.37 Å². The van der Waals surface area contributed by atoms with Crippen LogP contribution in [-0.2, 0) is 4.74 Å². The monoisotopic (exact) mass is 451 g/mol. The van der Waals surface area contributed by atoms with Crippen molar-refractivity contribution < 1.29 is 22.6 Å². The summed E-state index contributed by atoms with van der Waals surface area (Å²) in [5, 5.41) is 5.66. The second-order valence-electron chi connectivity index (χ2n) is 8.42. The lowest BCUT2D eigenvalue weighted by Crippen LogP contribution is -2.48. The Morgan fingerprint density at radius 2 is 1.94 bits per heavy atom. The molecule has 1 aromatic heterocycles. The summed E-state index contributed by atoms with van der Waals surface area (Å²) in [5.74, 6) is -4.91. The lowest BCUT2D eigenvalue weighted by atomic mass is 9.95. The van der Waals surface area contributed by atoms with Crippen molar-refractivity contribution in [2.24, 2.45) is 5.92 Å². The summed E-state index contributed by atoms with van der Waals surface area (Å²) in [4.78, 5) is 10.2. The Kier molecular flexibility index (Phi) is 6.71. The van der Waals surface area contributed by atoms with Crippen molar-refractivity contribution >= 4 is 17.3 Å².